The van der Waals surface area contributed by atoms with Gasteiger partial charge in [0.15, 0.2) is 5.78 Å². The predicted octanol–water partition coefficient (Wildman–Crippen LogP) is 0.263. The highest BCUT2D eigenvalue weighted by Gasteiger charge is 2.33. The zero-order valence-electron chi connectivity index (χ0n) is 7.03. The summed E-state index contributed by atoms with van der Waals surface area (Å²) in [5.74, 6) is -0.442. The van der Waals surface area contributed by atoms with Crippen molar-refractivity contribution in [1.82, 2.24) is 0 Å². The van der Waals surface area contributed by atoms with E-state index in [0.29, 0.717) is 0 Å². The quantitative estimate of drug-likeness (QED) is 0.579. The minimum atomic E-state index is -1.66. The van der Waals surface area contributed by atoms with E-state index in [-0.39, 0.29) is 0 Å². The van der Waals surface area contributed by atoms with Gasteiger partial charge in [-0.1, -0.05) is 12.2 Å². The van der Waals surface area contributed by atoms with Crippen LogP contribution < -0.4 is 0 Å². The van der Waals surface area contributed by atoms with Crippen molar-refractivity contribution < 1.29 is 15.0 Å². The third-order valence-corrected chi connectivity index (χ3v) is 1.66. The molecule has 0 aliphatic rings. The zero-order valence-corrected chi connectivity index (χ0v) is 7.03. The molecule has 0 amide bonds. The number of aliphatic hydroxyl groups excluding tert-OH is 1. The van der Waals surface area contributed by atoms with Gasteiger partial charge in [-0.05, 0) is 20.8 Å². The molecule has 2 atom stereocenters. The molecule has 11 heavy (non-hydrogen) atoms. The fourth-order valence-corrected chi connectivity index (χ4v) is 0.578. The molecule has 0 aromatic heterocycles. The molecule has 0 aromatic carbocycles. The molecule has 2 N–H and O–H groups in total. The first-order valence-corrected chi connectivity index (χ1v) is 3.47. The van der Waals surface area contributed by atoms with Gasteiger partial charge in [0.05, 0.1) is 0 Å². The number of allylic oxidation sites excluding steroid dienone is 1. The molecule has 0 saturated heterocycles. The number of rotatable bonds is 3. The molecule has 0 unspecified atom stereocenters. The van der Waals surface area contributed by atoms with E-state index in [1.807, 2.05) is 0 Å². The van der Waals surface area contributed by atoms with Crippen molar-refractivity contribution in [2.75, 3.05) is 0 Å². The van der Waals surface area contributed by atoms with Gasteiger partial charge in [0.25, 0.3) is 0 Å². The fraction of sp³-hybridized carbons (Fsp3) is 0.625. The maximum atomic E-state index is 10.7. The van der Waals surface area contributed by atoms with Crippen molar-refractivity contribution in [3.63, 3.8) is 0 Å². The van der Waals surface area contributed by atoms with E-state index < -0.39 is 17.5 Å². The van der Waals surface area contributed by atoms with Gasteiger partial charge in [-0.3, -0.25) is 4.79 Å². The summed E-state index contributed by atoms with van der Waals surface area (Å²) in [5, 5.41) is 18.5. The summed E-state index contributed by atoms with van der Waals surface area (Å²) < 4.78 is 0. The smallest absolute Gasteiger partial charge is 0.164 e. The van der Waals surface area contributed by atoms with Crippen LogP contribution in [-0.2, 0) is 4.79 Å². The molecule has 0 bridgehead atoms. The first kappa shape index (κ1) is 10.3. The first-order chi connectivity index (χ1) is 4.92. The summed E-state index contributed by atoms with van der Waals surface area (Å²) in [7, 11) is 0. The minimum absolute atomic E-state index is 0.442. The van der Waals surface area contributed by atoms with Crippen LogP contribution in [0.1, 0.15) is 20.8 Å². The summed E-state index contributed by atoms with van der Waals surface area (Å²) in [6.07, 6.45) is 1.84. The SMILES string of the molecule is C/C=C\[C@@H](O)[C@](C)(O)C(C)=O. The van der Waals surface area contributed by atoms with Gasteiger partial charge >= 0.3 is 0 Å². The van der Waals surface area contributed by atoms with Crippen molar-refractivity contribution in [3.05, 3.63) is 12.2 Å². The first-order valence-electron chi connectivity index (χ1n) is 3.47. The largest absolute Gasteiger partial charge is 0.386 e. The average Bonchev–Trinajstić information content (AvgIpc) is 1.88. The van der Waals surface area contributed by atoms with E-state index >= 15 is 0 Å². The van der Waals surface area contributed by atoms with Crippen LogP contribution in [0.2, 0.25) is 0 Å². The van der Waals surface area contributed by atoms with E-state index in [4.69, 9.17) is 0 Å². The predicted molar refractivity (Wildman–Crippen MR) is 42.1 cm³/mol. The molecule has 0 rings (SSSR count). The molecule has 64 valence electrons. The topological polar surface area (TPSA) is 57.5 Å². The standard InChI is InChI=1S/C8H14O3/c1-4-5-7(10)8(3,11)6(2)9/h4-5,7,10-11H,1-3H3/b5-4-/t7-,8-/m1/s1. The van der Waals surface area contributed by atoms with Crippen LogP contribution >= 0.6 is 0 Å². The average molecular weight is 158 g/mol. The number of carbonyl (C=O) groups excluding carboxylic acids is 1. The lowest BCUT2D eigenvalue weighted by molar-refractivity contribution is -0.141. The van der Waals surface area contributed by atoms with Crippen LogP contribution in [0.5, 0.6) is 0 Å². The number of carbonyl (C=O) groups is 1. The third-order valence-electron chi connectivity index (χ3n) is 1.66. The minimum Gasteiger partial charge on any atom is -0.386 e. The Morgan fingerprint density at radius 1 is 1.64 bits per heavy atom. The second-order valence-electron chi connectivity index (χ2n) is 2.67. The number of hydrogen-bond donors (Lipinski definition) is 2. The van der Waals surface area contributed by atoms with Crippen LogP contribution in [0, 0.1) is 0 Å². The molecule has 3 nitrogen and oxygen atoms in total. The maximum Gasteiger partial charge on any atom is 0.164 e. The number of aliphatic hydroxyl groups is 2. The van der Waals surface area contributed by atoms with Gasteiger partial charge < -0.3 is 10.2 Å². The Hall–Kier alpha value is -0.670. The summed E-state index contributed by atoms with van der Waals surface area (Å²) >= 11 is 0. The Morgan fingerprint density at radius 3 is 2.36 bits per heavy atom. The van der Waals surface area contributed by atoms with Crippen molar-refractivity contribution >= 4 is 5.78 Å². The third kappa shape index (κ3) is 2.44. The molecule has 0 spiro atoms. The van der Waals surface area contributed by atoms with Gasteiger partial charge in [-0.15, -0.1) is 0 Å². The Labute approximate surface area is 66.4 Å². The Morgan fingerprint density at radius 2 is 2.09 bits per heavy atom. The molecule has 0 aliphatic carbocycles. The molecule has 0 radical (unpaired) electrons. The van der Waals surface area contributed by atoms with Crippen LogP contribution in [0.3, 0.4) is 0 Å². The van der Waals surface area contributed by atoms with Crippen molar-refractivity contribution in [3.8, 4) is 0 Å². The normalized spacial score (nSPS) is 19.7. The number of ketones is 1. The Bertz CT molecular complexity index is 170. The highest BCUT2D eigenvalue weighted by atomic mass is 16.3. The van der Waals surface area contributed by atoms with Gasteiger partial charge in [-0.25, -0.2) is 0 Å². The number of hydrogen-bond acceptors (Lipinski definition) is 3. The lowest BCUT2D eigenvalue weighted by Crippen LogP contribution is -2.44. The summed E-state index contributed by atoms with van der Waals surface area (Å²) in [6.45, 7) is 4.24. The van der Waals surface area contributed by atoms with Gasteiger partial charge in [-0.2, -0.15) is 0 Å². The zero-order chi connectivity index (χ0) is 9.07. The van der Waals surface area contributed by atoms with Gasteiger partial charge in [0, 0.05) is 0 Å². The highest BCUT2D eigenvalue weighted by Crippen LogP contribution is 2.11. The van der Waals surface area contributed by atoms with Crippen LogP contribution in [0.25, 0.3) is 0 Å². The van der Waals surface area contributed by atoms with E-state index in [1.165, 1.54) is 19.9 Å². The monoisotopic (exact) mass is 158 g/mol. The Balaban J connectivity index is 4.41. The van der Waals surface area contributed by atoms with Crippen LogP contribution in [0.15, 0.2) is 12.2 Å². The maximum absolute atomic E-state index is 10.7. The van der Waals surface area contributed by atoms with Gasteiger partial charge in [0.1, 0.15) is 11.7 Å². The molecule has 0 aliphatic heterocycles. The summed E-state index contributed by atoms with van der Waals surface area (Å²) in [4.78, 5) is 10.7. The van der Waals surface area contributed by atoms with E-state index in [0.717, 1.165) is 0 Å². The van der Waals surface area contributed by atoms with Crippen molar-refractivity contribution in [2.45, 2.75) is 32.5 Å². The van der Waals surface area contributed by atoms with E-state index in [2.05, 4.69) is 0 Å². The summed E-state index contributed by atoms with van der Waals surface area (Å²) in [6, 6.07) is 0. The van der Waals surface area contributed by atoms with E-state index in [9.17, 15) is 15.0 Å². The molecule has 0 heterocycles. The van der Waals surface area contributed by atoms with Gasteiger partial charge in [0.2, 0.25) is 0 Å². The van der Waals surface area contributed by atoms with E-state index in [1.54, 1.807) is 13.0 Å². The number of Topliss-reactive ketones (excluding diaryl/α,β-unsaturated/α-hetero) is 1. The van der Waals surface area contributed by atoms with Crippen LogP contribution in [0.4, 0.5) is 0 Å². The van der Waals surface area contributed by atoms with Crippen molar-refractivity contribution in [1.29, 1.82) is 0 Å². The molecule has 0 fully saturated rings. The highest BCUT2D eigenvalue weighted by molar-refractivity contribution is 5.85. The molecule has 0 aromatic rings. The fourth-order valence-electron chi connectivity index (χ4n) is 0.578. The Kier molecular flexibility index (Phi) is 3.42. The second kappa shape index (κ2) is 3.64. The molecular weight excluding hydrogens is 144 g/mol. The lowest BCUT2D eigenvalue weighted by Gasteiger charge is -2.23. The molecular formula is C8H14O3. The second-order valence-corrected chi connectivity index (χ2v) is 2.67. The van der Waals surface area contributed by atoms with Crippen LogP contribution in [-0.4, -0.2) is 27.7 Å². The lowest BCUT2D eigenvalue weighted by atomic mass is 9.95. The summed E-state index contributed by atoms with van der Waals surface area (Å²) in [5.41, 5.74) is -1.66. The van der Waals surface area contributed by atoms with Crippen molar-refractivity contribution in [2.24, 2.45) is 0 Å². The molecule has 3 heteroatoms. The molecule has 0 saturated carbocycles.